The third-order valence-corrected chi connectivity index (χ3v) is 9.59. The second kappa shape index (κ2) is 15.1. The quantitative estimate of drug-likeness (QED) is 0.204. The van der Waals surface area contributed by atoms with Crippen molar-refractivity contribution in [2.24, 2.45) is 5.92 Å². The standard InChI is InChI=1S/C21H46N2O4Si2/c1-9-27-21(25)19(2)18-22(28(4)5)15-12-10-11-13-16-23(29(6,7)8)17-14-20(24)26-3/h19,28H,9-18H2,1-8H3. The van der Waals surface area contributed by atoms with E-state index in [0.717, 1.165) is 26.2 Å². The van der Waals surface area contributed by atoms with Crippen molar-refractivity contribution in [1.29, 1.82) is 0 Å². The van der Waals surface area contributed by atoms with Gasteiger partial charge in [0.1, 0.15) is 17.2 Å². The van der Waals surface area contributed by atoms with E-state index in [2.05, 4.69) is 41.9 Å². The van der Waals surface area contributed by atoms with Gasteiger partial charge in [0.15, 0.2) is 0 Å². The van der Waals surface area contributed by atoms with Gasteiger partial charge in [0.2, 0.25) is 0 Å². The van der Waals surface area contributed by atoms with E-state index >= 15 is 0 Å². The smallest absolute Gasteiger partial charge is 0.309 e. The first-order valence-corrected chi connectivity index (χ1v) is 17.5. The number of rotatable bonds is 16. The van der Waals surface area contributed by atoms with Crippen LogP contribution in [-0.4, -0.2) is 78.2 Å². The molecule has 0 radical (unpaired) electrons. The van der Waals surface area contributed by atoms with Crippen LogP contribution in [0.25, 0.3) is 0 Å². The molecule has 172 valence electrons. The van der Waals surface area contributed by atoms with Crippen molar-refractivity contribution >= 4 is 29.1 Å². The number of nitrogens with zero attached hydrogens (tertiary/aromatic N) is 2. The van der Waals surface area contributed by atoms with Crippen molar-refractivity contribution in [2.75, 3.05) is 39.9 Å². The molecule has 0 saturated heterocycles. The van der Waals surface area contributed by atoms with Crippen LogP contribution in [0.15, 0.2) is 0 Å². The van der Waals surface area contributed by atoms with Gasteiger partial charge >= 0.3 is 11.9 Å². The summed E-state index contributed by atoms with van der Waals surface area (Å²) in [6.45, 7) is 19.7. The number of carbonyl (C=O) groups excluding carboxylic acids is 2. The maximum absolute atomic E-state index is 11.9. The predicted octanol–water partition coefficient (Wildman–Crippen LogP) is 3.73. The van der Waals surface area contributed by atoms with Crippen LogP contribution < -0.4 is 0 Å². The Morgan fingerprint density at radius 1 is 1.00 bits per heavy atom. The van der Waals surface area contributed by atoms with Gasteiger partial charge in [-0.2, -0.15) is 0 Å². The minimum Gasteiger partial charge on any atom is -0.469 e. The zero-order valence-corrected chi connectivity index (χ0v) is 22.4. The van der Waals surface area contributed by atoms with Gasteiger partial charge in [0.05, 0.1) is 26.1 Å². The molecule has 0 spiro atoms. The highest BCUT2D eigenvalue weighted by molar-refractivity contribution is 6.73. The number of carbonyl (C=O) groups is 2. The summed E-state index contributed by atoms with van der Waals surface area (Å²) in [5.41, 5.74) is 0. The molecule has 0 saturated carbocycles. The van der Waals surface area contributed by atoms with Gasteiger partial charge in [-0.25, -0.2) is 0 Å². The van der Waals surface area contributed by atoms with Gasteiger partial charge in [-0.1, -0.05) is 52.5 Å². The van der Waals surface area contributed by atoms with Crippen LogP contribution in [0.2, 0.25) is 32.7 Å². The monoisotopic (exact) mass is 446 g/mol. The third kappa shape index (κ3) is 13.3. The fourth-order valence-corrected chi connectivity index (χ4v) is 6.40. The molecule has 0 amide bonds. The van der Waals surface area contributed by atoms with E-state index in [1.165, 1.54) is 32.8 Å². The van der Waals surface area contributed by atoms with Crippen molar-refractivity contribution in [3.63, 3.8) is 0 Å². The summed E-state index contributed by atoms with van der Waals surface area (Å²) < 4.78 is 15.0. The van der Waals surface area contributed by atoms with Crippen molar-refractivity contribution in [1.82, 2.24) is 9.13 Å². The molecule has 0 aromatic carbocycles. The van der Waals surface area contributed by atoms with Crippen molar-refractivity contribution in [2.45, 2.75) is 78.7 Å². The molecule has 0 aromatic rings. The highest BCUT2D eigenvalue weighted by Gasteiger charge is 2.24. The van der Waals surface area contributed by atoms with E-state index in [1.807, 2.05) is 13.8 Å². The maximum Gasteiger partial charge on any atom is 0.309 e. The Labute approximate surface area is 182 Å². The van der Waals surface area contributed by atoms with E-state index < -0.39 is 17.2 Å². The summed E-state index contributed by atoms with van der Waals surface area (Å²) in [4.78, 5) is 23.4. The molecule has 0 aromatic heterocycles. The number of hydrogen-bond donors (Lipinski definition) is 0. The number of ether oxygens (including phenoxy) is 2. The molecule has 0 heterocycles. The summed E-state index contributed by atoms with van der Waals surface area (Å²) in [6.07, 6.45) is 5.25. The molecule has 0 aliphatic carbocycles. The van der Waals surface area contributed by atoms with Crippen molar-refractivity contribution < 1.29 is 19.1 Å². The summed E-state index contributed by atoms with van der Waals surface area (Å²) >= 11 is 0. The molecule has 0 aliphatic rings. The molecule has 0 fully saturated rings. The summed E-state index contributed by atoms with van der Waals surface area (Å²) in [6, 6.07) is 0. The van der Waals surface area contributed by atoms with Crippen LogP contribution in [-0.2, 0) is 19.1 Å². The number of hydrogen-bond acceptors (Lipinski definition) is 6. The lowest BCUT2D eigenvalue weighted by Gasteiger charge is -2.34. The van der Waals surface area contributed by atoms with E-state index in [4.69, 9.17) is 9.47 Å². The molecule has 1 atom stereocenters. The van der Waals surface area contributed by atoms with Crippen molar-refractivity contribution in [3.8, 4) is 0 Å². The van der Waals surface area contributed by atoms with E-state index in [9.17, 15) is 9.59 Å². The lowest BCUT2D eigenvalue weighted by Crippen LogP contribution is -2.47. The summed E-state index contributed by atoms with van der Waals surface area (Å²) in [5.74, 6) is -0.251. The van der Waals surface area contributed by atoms with Gasteiger partial charge in [-0.15, -0.1) is 0 Å². The molecule has 8 heteroatoms. The third-order valence-electron chi connectivity index (χ3n) is 5.31. The minimum atomic E-state index is -1.42. The fourth-order valence-electron chi connectivity index (χ4n) is 3.35. The first-order chi connectivity index (χ1) is 13.5. The highest BCUT2D eigenvalue weighted by Crippen LogP contribution is 2.14. The van der Waals surface area contributed by atoms with Crippen LogP contribution in [0, 0.1) is 5.92 Å². The molecule has 6 nitrogen and oxygen atoms in total. The molecule has 0 bridgehead atoms. The van der Waals surface area contributed by atoms with Crippen LogP contribution in [0.3, 0.4) is 0 Å². The Morgan fingerprint density at radius 2 is 1.59 bits per heavy atom. The maximum atomic E-state index is 11.9. The largest absolute Gasteiger partial charge is 0.469 e. The Morgan fingerprint density at radius 3 is 2.07 bits per heavy atom. The lowest BCUT2D eigenvalue weighted by atomic mass is 10.1. The summed E-state index contributed by atoms with van der Waals surface area (Å²) in [5, 5.41) is 0. The van der Waals surface area contributed by atoms with Crippen molar-refractivity contribution in [3.05, 3.63) is 0 Å². The van der Waals surface area contributed by atoms with Gasteiger partial charge in [0.25, 0.3) is 0 Å². The van der Waals surface area contributed by atoms with E-state index in [1.54, 1.807) is 0 Å². The average molecular weight is 447 g/mol. The average Bonchev–Trinajstić information content (AvgIpc) is 2.64. The molecule has 0 rings (SSSR count). The predicted molar refractivity (Wildman–Crippen MR) is 126 cm³/mol. The molecular weight excluding hydrogens is 400 g/mol. The molecule has 0 aliphatic heterocycles. The highest BCUT2D eigenvalue weighted by atomic mass is 28.3. The van der Waals surface area contributed by atoms with E-state index in [0.29, 0.717) is 13.0 Å². The Bertz CT molecular complexity index is 470. The Hall–Kier alpha value is -0.706. The second-order valence-corrected chi connectivity index (χ2v) is 17.0. The molecular formula is C21H46N2O4Si2. The van der Waals surface area contributed by atoms with Gasteiger partial charge in [-0.05, 0) is 32.9 Å². The van der Waals surface area contributed by atoms with Crippen LogP contribution >= 0.6 is 0 Å². The fraction of sp³-hybridized carbons (Fsp3) is 0.905. The molecule has 1 unspecified atom stereocenters. The second-order valence-electron chi connectivity index (χ2n) is 9.14. The SMILES string of the molecule is CCOC(=O)C(C)CN(CCCCCCN(CCC(=O)OC)[Si](C)(C)C)[SiH](C)C. The van der Waals surface area contributed by atoms with Gasteiger partial charge < -0.3 is 18.6 Å². The van der Waals surface area contributed by atoms with Crippen LogP contribution in [0.4, 0.5) is 0 Å². The number of methoxy groups -OCH3 is 1. The van der Waals surface area contributed by atoms with Gasteiger partial charge in [0, 0.05) is 13.1 Å². The zero-order chi connectivity index (χ0) is 22.4. The zero-order valence-electron chi connectivity index (χ0n) is 20.3. The Balaban J connectivity index is 4.25. The number of esters is 2. The first kappa shape index (κ1) is 28.3. The normalized spacial score (nSPS) is 13.2. The van der Waals surface area contributed by atoms with Crippen LogP contribution in [0.1, 0.15) is 46.0 Å². The summed E-state index contributed by atoms with van der Waals surface area (Å²) in [7, 11) is -0.912. The number of unbranched alkanes of at least 4 members (excludes halogenated alkanes) is 3. The van der Waals surface area contributed by atoms with Gasteiger partial charge in [-0.3, -0.25) is 9.59 Å². The molecule has 0 N–H and O–H groups in total. The van der Waals surface area contributed by atoms with Crippen LogP contribution in [0.5, 0.6) is 0 Å². The topological polar surface area (TPSA) is 59.1 Å². The lowest BCUT2D eigenvalue weighted by molar-refractivity contribution is -0.147. The first-order valence-electron chi connectivity index (χ1n) is 11.2. The minimum absolute atomic E-state index is 0.0510. The molecule has 29 heavy (non-hydrogen) atoms. The van der Waals surface area contributed by atoms with E-state index in [-0.39, 0.29) is 17.9 Å². The Kier molecular flexibility index (Phi) is 14.8.